The van der Waals surface area contributed by atoms with Crippen molar-refractivity contribution in [2.24, 2.45) is 5.92 Å². The van der Waals surface area contributed by atoms with Crippen molar-refractivity contribution in [2.45, 2.75) is 65.1 Å². The van der Waals surface area contributed by atoms with Crippen molar-refractivity contribution in [2.75, 3.05) is 11.9 Å². The van der Waals surface area contributed by atoms with E-state index in [-0.39, 0.29) is 24.0 Å². The molecule has 1 amide bonds. The van der Waals surface area contributed by atoms with E-state index in [4.69, 9.17) is 4.74 Å². The summed E-state index contributed by atoms with van der Waals surface area (Å²) in [6, 6.07) is 1.90. The van der Waals surface area contributed by atoms with E-state index >= 15 is 0 Å². The van der Waals surface area contributed by atoms with Crippen molar-refractivity contribution in [1.82, 2.24) is 25.5 Å². The Hall–Kier alpha value is -2.48. The van der Waals surface area contributed by atoms with Gasteiger partial charge in [-0.25, -0.2) is 9.97 Å². The molecule has 8 nitrogen and oxygen atoms in total. The van der Waals surface area contributed by atoms with Crippen LogP contribution < -0.4 is 10.6 Å². The van der Waals surface area contributed by atoms with Crippen molar-refractivity contribution in [3.05, 3.63) is 35.5 Å². The molecule has 2 aromatic heterocycles. The number of carbonyl (C=O) groups excluding carboxylic acids is 1. The van der Waals surface area contributed by atoms with Crippen LogP contribution in [0.25, 0.3) is 0 Å². The summed E-state index contributed by atoms with van der Waals surface area (Å²) in [5, 5.41) is 13.3. The first-order valence-electron chi connectivity index (χ1n) is 10.0. The minimum Gasteiger partial charge on any atom is -0.376 e. The number of hydrogen-bond acceptors (Lipinski definition) is 6. The van der Waals surface area contributed by atoms with E-state index in [0.717, 1.165) is 48.8 Å². The monoisotopic (exact) mass is 386 g/mol. The van der Waals surface area contributed by atoms with Crippen molar-refractivity contribution in [3.63, 3.8) is 0 Å². The van der Waals surface area contributed by atoms with E-state index in [9.17, 15) is 4.79 Å². The molecule has 0 unspecified atom stereocenters. The number of carbonyl (C=O) groups is 1. The predicted molar refractivity (Wildman–Crippen MR) is 107 cm³/mol. The molecule has 0 aromatic carbocycles. The topological polar surface area (TPSA) is 105 Å². The highest BCUT2D eigenvalue weighted by atomic mass is 16.5. The number of hydrogen-bond donors (Lipinski definition) is 3. The van der Waals surface area contributed by atoms with Crippen LogP contribution in [0.3, 0.4) is 0 Å². The Bertz CT molecular complexity index is 764. The average molecular weight is 387 g/mol. The van der Waals surface area contributed by atoms with Crippen LogP contribution in [-0.2, 0) is 16.1 Å². The van der Waals surface area contributed by atoms with Gasteiger partial charge in [0.05, 0.1) is 24.4 Å². The van der Waals surface area contributed by atoms with E-state index < -0.39 is 0 Å². The van der Waals surface area contributed by atoms with Gasteiger partial charge in [-0.2, -0.15) is 5.10 Å². The highest BCUT2D eigenvalue weighted by Gasteiger charge is 2.35. The summed E-state index contributed by atoms with van der Waals surface area (Å²) in [6.45, 7) is 7.16. The maximum absolute atomic E-state index is 12.7. The highest BCUT2D eigenvalue weighted by molar-refractivity contribution is 5.78. The van der Waals surface area contributed by atoms with E-state index in [2.05, 4.69) is 37.7 Å². The Morgan fingerprint density at radius 1 is 1.36 bits per heavy atom. The molecule has 1 aliphatic rings. The number of nitrogens with zero attached hydrogens (tertiary/aromatic N) is 3. The SMILES string of the molecule is CCCO[C@@H]1CC[C@H](C(=O)NCc2ccn[nH]2)C[C@H]1Nc1nc(C)ncc1C. The van der Waals surface area contributed by atoms with Gasteiger partial charge in [0, 0.05) is 30.5 Å². The van der Waals surface area contributed by atoms with Crippen LogP contribution in [0, 0.1) is 19.8 Å². The highest BCUT2D eigenvalue weighted by Crippen LogP contribution is 2.30. The van der Waals surface area contributed by atoms with Crippen molar-refractivity contribution in [3.8, 4) is 0 Å². The number of aromatic nitrogens is 4. The van der Waals surface area contributed by atoms with Gasteiger partial charge in [0.25, 0.3) is 0 Å². The second-order valence-electron chi connectivity index (χ2n) is 7.42. The van der Waals surface area contributed by atoms with E-state index in [1.54, 1.807) is 6.20 Å². The molecule has 0 spiro atoms. The molecule has 152 valence electrons. The average Bonchev–Trinajstić information content (AvgIpc) is 3.21. The Morgan fingerprint density at radius 3 is 2.96 bits per heavy atom. The van der Waals surface area contributed by atoms with E-state index in [1.807, 2.05) is 26.1 Å². The molecule has 0 aliphatic heterocycles. The maximum atomic E-state index is 12.7. The molecule has 0 saturated heterocycles. The quantitative estimate of drug-likeness (QED) is 0.644. The van der Waals surface area contributed by atoms with Gasteiger partial charge >= 0.3 is 0 Å². The third-order valence-corrected chi connectivity index (χ3v) is 5.12. The van der Waals surface area contributed by atoms with Crippen molar-refractivity contribution < 1.29 is 9.53 Å². The van der Waals surface area contributed by atoms with Crippen LogP contribution in [0.2, 0.25) is 0 Å². The number of ether oxygens (including phenoxy) is 1. The second-order valence-corrected chi connectivity index (χ2v) is 7.42. The maximum Gasteiger partial charge on any atom is 0.223 e. The lowest BCUT2D eigenvalue weighted by atomic mass is 9.83. The Balaban J connectivity index is 1.65. The number of aryl methyl sites for hydroxylation is 2. The molecular formula is C20H30N6O2. The van der Waals surface area contributed by atoms with Gasteiger partial charge in [-0.15, -0.1) is 0 Å². The molecule has 3 atom stereocenters. The minimum absolute atomic E-state index is 0.0382. The Morgan fingerprint density at radius 2 is 2.21 bits per heavy atom. The molecule has 2 aromatic rings. The number of aromatic amines is 1. The fourth-order valence-electron chi connectivity index (χ4n) is 3.56. The summed E-state index contributed by atoms with van der Waals surface area (Å²) >= 11 is 0. The van der Waals surface area contributed by atoms with Gasteiger partial charge < -0.3 is 15.4 Å². The van der Waals surface area contributed by atoms with Crippen molar-refractivity contribution in [1.29, 1.82) is 0 Å². The van der Waals surface area contributed by atoms with Gasteiger partial charge in [-0.3, -0.25) is 9.89 Å². The zero-order valence-electron chi connectivity index (χ0n) is 16.9. The third kappa shape index (κ3) is 5.28. The van der Waals surface area contributed by atoms with Crippen LogP contribution in [0.1, 0.15) is 49.7 Å². The fourth-order valence-corrected chi connectivity index (χ4v) is 3.56. The molecule has 1 fully saturated rings. The zero-order chi connectivity index (χ0) is 19.9. The summed E-state index contributed by atoms with van der Waals surface area (Å²) < 4.78 is 6.08. The molecular weight excluding hydrogens is 356 g/mol. The Kier molecular flexibility index (Phi) is 6.97. The lowest BCUT2D eigenvalue weighted by Gasteiger charge is -2.36. The smallest absolute Gasteiger partial charge is 0.223 e. The number of H-pyrrole nitrogens is 1. The van der Waals surface area contributed by atoms with Gasteiger partial charge in [-0.05, 0) is 45.6 Å². The molecule has 0 bridgehead atoms. The number of nitrogens with one attached hydrogen (secondary N) is 3. The molecule has 1 saturated carbocycles. The molecule has 1 aliphatic carbocycles. The summed E-state index contributed by atoms with van der Waals surface area (Å²) in [4.78, 5) is 21.5. The first-order chi connectivity index (χ1) is 13.6. The zero-order valence-corrected chi connectivity index (χ0v) is 16.9. The number of anilines is 1. The van der Waals surface area contributed by atoms with Crippen LogP contribution >= 0.6 is 0 Å². The fraction of sp³-hybridized carbons (Fsp3) is 0.600. The van der Waals surface area contributed by atoms with Crippen LogP contribution in [0.15, 0.2) is 18.5 Å². The molecule has 0 radical (unpaired) electrons. The summed E-state index contributed by atoms with van der Waals surface area (Å²) in [5.41, 5.74) is 1.89. The lowest BCUT2D eigenvalue weighted by molar-refractivity contribution is -0.127. The van der Waals surface area contributed by atoms with Crippen LogP contribution in [0.5, 0.6) is 0 Å². The van der Waals surface area contributed by atoms with E-state index in [0.29, 0.717) is 13.0 Å². The third-order valence-electron chi connectivity index (χ3n) is 5.12. The molecule has 3 N–H and O–H groups in total. The molecule has 3 rings (SSSR count). The van der Waals surface area contributed by atoms with Crippen LogP contribution in [-0.4, -0.2) is 44.8 Å². The van der Waals surface area contributed by atoms with Gasteiger partial charge in [0.2, 0.25) is 5.91 Å². The standard InChI is InChI=1S/C20H30N6O2/c1-4-9-28-18-6-5-15(20(27)22-12-16-7-8-23-26-16)10-17(18)25-19-13(2)11-21-14(3)24-19/h7-8,11,15,17-18H,4-6,9-10,12H2,1-3H3,(H,22,27)(H,23,26)(H,21,24,25)/t15-,17+,18+/m0/s1. The summed E-state index contributed by atoms with van der Waals surface area (Å²) in [7, 11) is 0. The van der Waals surface area contributed by atoms with Crippen LogP contribution in [0.4, 0.5) is 5.82 Å². The first-order valence-corrected chi connectivity index (χ1v) is 10.0. The number of rotatable bonds is 8. The predicted octanol–water partition coefficient (Wildman–Crippen LogP) is 2.51. The van der Waals surface area contributed by atoms with Gasteiger partial charge in [0.15, 0.2) is 0 Å². The Labute approximate surface area is 165 Å². The lowest BCUT2D eigenvalue weighted by Crippen LogP contribution is -2.45. The largest absolute Gasteiger partial charge is 0.376 e. The van der Waals surface area contributed by atoms with Gasteiger partial charge in [-0.1, -0.05) is 6.92 Å². The van der Waals surface area contributed by atoms with E-state index in [1.165, 1.54) is 0 Å². The summed E-state index contributed by atoms with van der Waals surface area (Å²) in [5.74, 6) is 1.57. The molecule has 2 heterocycles. The first kappa shape index (κ1) is 20.3. The summed E-state index contributed by atoms with van der Waals surface area (Å²) in [6.07, 6.45) is 6.94. The molecule has 8 heteroatoms. The molecule has 28 heavy (non-hydrogen) atoms. The number of amides is 1. The normalized spacial score (nSPS) is 22.0. The second kappa shape index (κ2) is 9.64. The van der Waals surface area contributed by atoms with Gasteiger partial charge in [0.1, 0.15) is 11.6 Å². The minimum atomic E-state index is -0.0508. The van der Waals surface area contributed by atoms with Crippen molar-refractivity contribution >= 4 is 11.7 Å².